The second-order valence-corrected chi connectivity index (χ2v) is 10.1. The molecule has 1 heterocycles. The van der Waals surface area contributed by atoms with Gasteiger partial charge < -0.3 is 25.7 Å². The third-order valence-electron chi connectivity index (χ3n) is 7.63. The molecule has 0 aliphatic carbocycles. The van der Waals surface area contributed by atoms with Gasteiger partial charge in [0.2, 0.25) is 5.91 Å². The normalized spacial score (nSPS) is 18.1. The maximum atomic E-state index is 13.9. The second-order valence-electron chi connectivity index (χ2n) is 10.1. The number of nitrogens with zero attached hydrogens (tertiary/aromatic N) is 2. The van der Waals surface area contributed by atoms with E-state index in [9.17, 15) is 24.6 Å². The number of hydrogen-bond donors (Lipinski definition) is 3. The van der Waals surface area contributed by atoms with E-state index >= 15 is 0 Å². The van der Waals surface area contributed by atoms with Gasteiger partial charge in [-0.1, -0.05) is 72.8 Å². The summed E-state index contributed by atoms with van der Waals surface area (Å²) in [7, 11) is 0. The Morgan fingerprint density at radius 2 is 1.70 bits per heavy atom. The van der Waals surface area contributed by atoms with Gasteiger partial charge in [0.1, 0.15) is 11.8 Å². The molecule has 1 aliphatic heterocycles. The second kappa shape index (κ2) is 12.6. The van der Waals surface area contributed by atoms with Crippen LogP contribution in [0.2, 0.25) is 0 Å². The number of primary amides is 1. The minimum absolute atomic E-state index is 0.0334. The fraction of sp³-hybridized carbons (Fsp3) is 0.281. The predicted molar refractivity (Wildman–Crippen MR) is 153 cm³/mol. The molecule has 0 unspecified atom stereocenters. The third kappa shape index (κ3) is 5.92. The quantitative estimate of drug-likeness (QED) is 0.340. The van der Waals surface area contributed by atoms with E-state index in [2.05, 4.69) is 6.58 Å². The average Bonchev–Trinajstić information content (AvgIpc) is 3.42. The standard InChI is InChI=1S/C32H35N3O5/c1-3-18-34(31(39)24-15-10-16-27(36)21(24)2)26(20-22-11-6-4-7-12-22)29(37)32(40)35-19-17-25(28(35)30(33)38)23-13-8-5-9-14-23/h3-16,25-26,28-29,36-37H,1,17-20H2,2H3,(H2,33,38)/t25-,26+,28+,29+/m1/s1. The van der Waals surface area contributed by atoms with Crippen LogP contribution in [0.15, 0.2) is 91.5 Å². The van der Waals surface area contributed by atoms with Crippen molar-refractivity contribution in [2.24, 2.45) is 5.73 Å². The Bertz CT molecular complexity index is 1360. The van der Waals surface area contributed by atoms with Crippen molar-refractivity contribution in [3.63, 3.8) is 0 Å². The number of benzene rings is 3. The molecule has 1 aliphatic rings. The number of aromatic hydroxyl groups is 1. The molecule has 3 aromatic rings. The Hall–Kier alpha value is -4.43. The van der Waals surface area contributed by atoms with Gasteiger partial charge in [0.25, 0.3) is 11.8 Å². The van der Waals surface area contributed by atoms with Gasteiger partial charge >= 0.3 is 0 Å². The van der Waals surface area contributed by atoms with E-state index in [0.29, 0.717) is 12.0 Å². The minimum Gasteiger partial charge on any atom is -0.508 e. The van der Waals surface area contributed by atoms with Crippen LogP contribution in [0.3, 0.4) is 0 Å². The summed E-state index contributed by atoms with van der Waals surface area (Å²) >= 11 is 0. The molecule has 1 fully saturated rings. The Balaban J connectivity index is 1.71. The number of phenols is 1. The van der Waals surface area contributed by atoms with Gasteiger partial charge in [0.05, 0.1) is 6.04 Å². The zero-order chi connectivity index (χ0) is 28.8. The van der Waals surface area contributed by atoms with Crippen LogP contribution in [0.4, 0.5) is 0 Å². The molecule has 3 amide bonds. The van der Waals surface area contributed by atoms with Gasteiger partial charge in [-0.05, 0) is 43.0 Å². The molecule has 3 aromatic carbocycles. The number of phenolic OH excluding ortho intramolecular Hbond substituents is 1. The maximum Gasteiger partial charge on any atom is 0.254 e. The highest BCUT2D eigenvalue weighted by atomic mass is 16.3. The van der Waals surface area contributed by atoms with Crippen molar-refractivity contribution in [2.45, 2.75) is 43.9 Å². The average molecular weight is 542 g/mol. The van der Waals surface area contributed by atoms with E-state index < -0.39 is 35.9 Å². The van der Waals surface area contributed by atoms with Gasteiger partial charge in [-0.3, -0.25) is 14.4 Å². The lowest BCUT2D eigenvalue weighted by molar-refractivity contribution is -0.147. The van der Waals surface area contributed by atoms with Crippen molar-refractivity contribution in [1.82, 2.24) is 9.80 Å². The zero-order valence-corrected chi connectivity index (χ0v) is 22.5. The molecule has 8 nitrogen and oxygen atoms in total. The first-order chi connectivity index (χ1) is 19.2. The van der Waals surface area contributed by atoms with Crippen LogP contribution >= 0.6 is 0 Å². The largest absolute Gasteiger partial charge is 0.508 e. The summed E-state index contributed by atoms with van der Waals surface area (Å²) < 4.78 is 0. The monoisotopic (exact) mass is 541 g/mol. The van der Waals surface area contributed by atoms with Crippen molar-refractivity contribution in [2.75, 3.05) is 13.1 Å². The molecule has 40 heavy (non-hydrogen) atoms. The van der Waals surface area contributed by atoms with Crippen molar-refractivity contribution < 1.29 is 24.6 Å². The van der Waals surface area contributed by atoms with E-state index in [1.54, 1.807) is 19.1 Å². The molecular formula is C32H35N3O5. The number of amides is 3. The van der Waals surface area contributed by atoms with Crippen LogP contribution in [0, 0.1) is 6.92 Å². The highest BCUT2D eigenvalue weighted by Gasteiger charge is 2.45. The topological polar surface area (TPSA) is 124 Å². The van der Waals surface area contributed by atoms with Crippen LogP contribution in [0.5, 0.6) is 5.75 Å². The molecular weight excluding hydrogens is 506 g/mol. The molecule has 0 saturated carbocycles. The van der Waals surface area contributed by atoms with Crippen molar-refractivity contribution in [1.29, 1.82) is 0 Å². The minimum atomic E-state index is -1.65. The number of rotatable bonds is 10. The lowest BCUT2D eigenvalue weighted by Crippen LogP contribution is -2.57. The summed E-state index contributed by atoms with van der Waals surface area (Å²) in [6.45, 7) is 5.70. The Kier molecular flexibility index (Phi) is 9.01. The predicted octanol–water partition coefficient (Wildman–Crippen LogP) is 3.17. The number of aliphatic hydroxyl groups is 1. The Labute approximate surface area is 234 Å². The van der Waals surface area contributed by atoms with Gasteiger partial charge in [0.15, 0.2) is 6.10 Å². The number of hydrogen-bond acceptors (Lipinski definition) is 5. The summed E-state index contributed by atoms with van der Waals surface area (Å²) in [6.07, 6.45) is 0.552. The van der Waals surface area contributed by atoms with Crippen LogP contribution in [-0.2, 0) is 16.0 Å². The molecule has 4 atom stereocenters. The Morgan fingerprint density at radius 1 is 1.05 bits per heavy atom. The zero-order valence-electron chi connectivity index (χ0n) is 22.5. The van der Waals surface area contributed by atoms with Crippen LogP contribution in [0.1, 0.15) is 39.4 Å². The van der Waals surface area contributed by atoms with Gasteiger partial charge in [-0.25, -0.2) is 0 Å². The fourth-order valence-corrected chi connectivity index (χ4v) is 5.54. The molecule has 1 saturated heterocycles. The third-order valence-corrected chi connectivity index (χ3v) is 7.63. The summed E-state index contributed by atoms with van der Waals surface area (Å²) in [5.41, 5.74) is 8.14. The molecule has 4 N–H and O–H groups in total. The molecule has 0 bridgehead atoms. The van der Waals surface area contributed by atoms with E-state index in [0.717, 1.165) is 11.1 Å². The lowest BCUT2D eigenvalue weighted by Gasteiger charge is -2.37. The lowest BCUT2D eigenvalue weighted by atomic mass is 9.91. The smallest absolute Gasteiger partial charge is 0.254 e. The van der Waals surface area contributed by atoms with Gasteiger partial charge in [-0.15, -0.1) is 6.58 Å². The first-order valence-corrected chi connectivity index (χ1v) is 13.3. The van der Waals surface area contributed by atoms with E-state index in [1.807, 2.05) is 60.7 Å². The van der Waals surface area contributed by atoms with E-state index in [1.165, 1.54) is 21.9 Å². The number of likely N-dealkylation sites (tertiary alicyclic amines) is 1. The SMILES string of the molecule is C=CCN(C(=O)c1cccc(O)c1C)[C@@H](Cc1ccccc1)[C@H](O)C(=O)N1CC[C@H](c2ccccc2)[C@H]1C(N)=O. The van der Waals surface area contributed by atoms with Crippen molar-refractivity contribution >= 4 is 17.7 Å². The molecule has 208 valence electrons. The first kappa shape index (κ1) is 28.6. The van der Waals surface area contributed by atoms with E-state index in [-0.39, 0.29) is 36.7 Å². The van der Waals surface area contributed by atoms with Crippen LogP contribution in [-0.4, -0.2) is 69.0 Å². The van der Waals surface area contributed by atoms with Crippen molar-refractivity contribution in [3.8, 4) is 5.75 Å². The fourth-order valence-electron chi connectivity index (χ4n) is 5.54. The Morgan fingerprint density at radius 3 is 2.33 bits per heavy atom. The molecule has 4 rings (SSSR count). The highest BCUT2D eigenvalue weighted by molar-refractivity contribution is 5.97. The highest BCUT2D eigenvalue weighted by Crippen LogP contribution is 2.34. The number of carbonyl (C=O) groups excluding carboxylic acids is 3. The summed E-state index contributed by atoms with van der Waals surface area (Å²) in [6, 6.07) is 21.4. The maximum absolute atomic E-state index is 13.9. The molecule has 0 aromatic heterocycles. The molecule has 0 spiro atoms. The van der Waals surface area contributed by atoms with E-state index in [4.69, 9.17) is 5.73 Å². The summed E-state index contributed by atoms with van der Waals surface area (Å²) in [5.74, 6) is -2.12. The number of carbonyl (C=O) groups is 3. The summed E-state index contributed by atoms with van der Waals surface area (Å²) in [5, 5.41) is 21.9. The molecule has 8 heteroatoms. The van der Waals surface area contributed by atoms with Gasteiger partial charge in [-0.2, -0.15) is 0 Å². The summed E-state index contributed by atoms with van der Waals surface area (Å²) in [4.78, 5) is 43.1. The van der Waals surface area contributed by atoms with Crippen LogP contribution < -0.4 is 5.73 Å². The number of nitrogens with two attached hydrogens (primary N) is 1. The number of aliphatic hydroxyl groups excluding tert-OH is 1. The molecule has 0 radical (unpaired) electrons. The van der Waals surface area contributed by atoms with Gasteiger partial charge in [0, 0.05) is 30.1 Å². The van der Waals surface area contributed by atoms with Crippen LogP contribution in [0.25, 0.3) is 0 Å². The first-order valence-electron chi connectivity index (χ1n) is 13.3. The van der Waals surface area contributed by atoms with Crippen molar-refractivity contribution in [3.05, 3.63) is 114 Å².